The summed E-state index contributed by atoms with van der Waals surface area (Å²) in [7, 11) is 0. The quantitative estimate of drug-likeness (QED) is 0.768. The Morgan fingerprint density at radius 2 is 1.91 bits per heavy atom. The van der Waals surface area contributed by atoms with Crippen LogP contribution in [-0.2, 0) is 4.79 Å². The number of aromatic nitrogens is 2. The molecule has 0 aliphatic carbocycles. The molecule has 0 saturated heterocycles. The zero-order valence-electron chi connectivity index (χ0n) is 13.6. The van der Waals surface area contributed by atoms with E-state index in [1.54, 1.807) is 0 Å². The van der Waals surface area contributed by atoms with Gasteiger partial charge in [-0.3, -0.25) is 4.79 Å². The monoisotopic (exact) mass is 303 g/mol. The van der Waals surface area contributed by atoms with Crippen molar-refractivity contribution < 1.29 is 9.90 Å². The Balaban J connectivity index is 2.14. The molecule has 0 aliphatic heterocycles. The molecule has 0 spiro atoms. The van der Waals surface area contributed by atoms with Gasteiger partial charge in [-0.05, 0) is 24.0 Å². The maximum atomic E-state index is 12.1. The summed E-state index contributed by atoms with van der Waals surface area (Å²) >= 11 is 0. The van der Waals surface area contributed by atoms with Crippen LogP contribution < -0.4 is 5.32 Å². The van der Waals surface area contributed by atoms with E-state index >= 15 is 0 Å². The number of para-hydroxylation sites is 2. The molecule has 2 aromatic rings. The van der Waals surface area contributed by atoms with Crippen molar-refractivity contribution in [1.82, 2.24) is 15.3 Å². The first-order valence-corrected chi connectivity index (χ1v) is 7.80. The number of nitrogens with zero attached hydrogens (tertiary/aromatic N) is 1. The molecule has 0 saturated carbocycles. The second-order valence-corrected chi connectivity index (χ2v) is 6.44. The molecule has 1 heterocycles. The smallest absolute Gasteiger partial charge is 0.223 e. The Hall–Kier alpha value is -1.88. The van der Waals surface area contributed by atoms with Gasteiger partial charge in [-0.15, -0.1) is 0 Å². The Labute approximate surface area is 131 Å². The zero-order valence-corrected chi connectivity index (χ0v) is 13.6. The number of rotatable bonds is 6. The lowest BCUT2D eigenvalue weighted by atomic mass is 10.0. The van der Waals surface area contributed by atoms with E-state index in [1.807, 2.05) is 52.0 Å². The number of hydrogen-bond acceptors (Lipinski definition) is 3. The van der Waals surface area contributed by atoms with Gasteiger partial charge in [0.05, 0.1) is 29.6 Å². The number of carbonyl (C=O) groups excluding carboxylic acids is 1. The fraction of sp³-hybridized carbons (Fsp3) is 0.529. The van der Waals surface area contributed by atoms with Crippen molar-refractivity contribution in [2.45, 2.75) is 46.3 Å². The van der Waals surface area contributed by atoms with Crippen LogP contribution in [0.4, 0.5) is 0 Å². The number of amides is 1. The molecule has 0 bridgehead atoms. The molecule has 0 radical (unpaired) electrons. The molecule has 1 aromatic heterocycles. The predicted molar refractivity (Wildman–Crippen MR) is 87.3 cm³/mol. The minimum Gasteiger partial charge on any atom is -0.392 e. The highest BCUT2D eigenvalue weighted by Crippen LogP contribution is 2.22. The molecule has 0 fully saturated rings. The van der Waals surface area contributed by atoms with Gasteiger partial charge in [0.1, 0.15) is 5.82 Å². The van der Waals surface area contributed by atoms with Crippen molar-refractivity contribution in [2.24, 2.45) is 11.8 Å². The van der Waals surface area contributed by atoms with E-state index < -0.39 is 6.10 Å². The van der Waals surface area contributed by atoms with E-state index in [0.717, 1.165) is 16.9 Å². The number of imidazole rings is 1. The normalized spacial score (nSPS) is 14.5. The van der Waals surface area contributed by atoms with Gasteiger partial charge in [-0.25, -0.2) is 4.98 Å². The number of H-pyrrole nitrogens is 1. The molecule has 2 unspecified atom stereocenters. The summed E-state index contributed by atoms with van der Waals surface area (Å²) in [5, 5.41) is 12.8. The Bertz CT molecular complexity index is 601. The fourth-order valence-electron chi connectivity index (χ4n) is 2.33. The van der Waals surface area contributed by atoms with Crippen LogP contribution in [0, 0.1) is 11.8 Å². The van der Waals surface area contributed by atoms with E-state index in [-0.39, 0.29) is 30.2 Å². The SMILES string of the molecule is CC(C)C(O)CC(=O)NC(c1nc2ccccc2[nH]1)C(C)C. The van der Waals surface area contributed by atoms with Crippen molar-refractivity contribution >= 4 is 16.9 Å². The highest BCUT2D eigenvalue weighted by atomic mass is 16.3. The van der Waals surface area contributed by atoms with Gasteiger partial charge < -0.3 is 15.4 Å². The predicted octanol–water partition coefficient (Wildman–Crippen LogP) is 2.78. The molecular formula is C17H25N3O2. The second-order valence-electron chi connectivity index (χ2n) is 6.44. The number of aliphatic hydroxyl groups is 1. The van der Waals surface area contributed by atoms with E-state index in [1.165, 1.54) is 0 Å². The number of nitrogens with one attached hydrogen (secondary N) is 2. The average Bonchev–Trinajstić information content (AvgIpc) is 2.87. The lowest BCUT2D eigenvalue weighted by molar-refractivity contribution is -0.124. The van der Waals surface area contributed by atoms with E-state index in [4.69, 9.17) is 0 Å². The third kappa shape index (κ3) is 3.85. The van der Waals surface area contributed by atoms with Crippen molar-refractivity contribution in [2.75, 3.05) is 0 Å². The molecule has 120 valence electrons. The summed E-state index contributed by atoms with van der Waals surface area (Å²) in [6.07, 6.45) is -0.510. The van der Waals surface area contributed by atoms with Crippen molar-refractivity contribution in [3.8, 4) is 0 Å². The van der Waals surface area contributed by atoms with Crippen molar-refractivity contribution in [3.63, 3.8) is 0 Å². The summed E-state index contributed by atoms with van der Waals surface area (Å²) in [6.45, 7) is 7.88. The molecule has 5 nitrogen and oxygen atoms in total. The highest BCUT2D eigenvalue weighted by molar-refractivity contribution is 5.78. The highest BCUT2D eigenvalue weighted by Gasteiger charge is 2.23. The van der Waals surface area contributed by atoms with Crippen LogP contribution in [0.15, 0.2) is 24.3 Å². The zero-order chi connectivity index (χ0) is 16.3. The topological polar surface area (TPSA) is 78.0 Å². The molecule has 1 aromatic carbocycles. The lowest BCUT2D eigenvalue weighted by Gasteiger charge is -2.22. The molecule has 0 aliphatic rings. The first-order valence-electron chi connectivity index (χ1n) is 7.80. The maximum absolute atomic E-state index is 12.1. The Morgan fingerprint density at radius 3 is 2.50 bits per heavy atom. The minimum absolute atomic E-state index is 0.0643. The largest absolute Gasteiger partial charge is 0.392 e. The molecule has 22 heavy (non-hydrogen) atoms. The van der Waals surface area contributed by atoms with Crippen LogP contribution in [-0.4, -0.2) is 27.1 Å². The maximum Gasteiger partial charge on any atom is 0.223 e. The van der Waals surface area contributed by atoms with Crippen molar-refractivity contribution in [3.05, 3.63) is 30.1 Å². The van der Waals surface area contributed by atoms with Gasteiger partial charge in [0.2, 0.25) is 5.91 Å². The molecule has 5 heteroatoms. The Morgan fingerprint density at radius 1 is 1.23 bits per heavy atom. The summed E-state index contributed by atoms with van der Waals surface area (Å²) in [5.41, 5.74) is 1.85. The van der Waals surface area contributed by atoms with E-state index in [9.17, 15) is 9.90 Å². The van der Waals surface area contributed by atoms with Gasteiger partial charge in [0, 0.05) is 0 Å². The molecule has 3 N–H and O–H groups in total. The van der Waals surface area contributed by atoms with Crippen LogP contribution in [0.25, 0.3) is 11.0 Å². The average molecular weight is 303 g/mol. The number of fused-ring (bicyclic) bond motifs is 1. The van der Waals surface area contributed by atoms with Crippen LogP contribution in [0.2, 0.25) is 0 Å². The number of aromatic amines is 1. The standard InChI is InChI=1S/C17H25N3O2/c1-10(2)14(21)9-15(22)20-16(11(3)4)17-18-12-7-5-6-8-13(12)19-17/h5-8,10-11,14,16,21H,9H2,1-4H3,(H,18,19)(H,20,22). The third-order valence-corrected chi connectivity index (χ3v) is 3.85. The van der Waals surface area contributed by atoms with Gasteiger partial charge >= 0.3 is 0 Å². The van der Waals surface area contributed by atoms with Gasteiger partial charge in [-0.2, -0.15) is 0 Å². The van der Waals surface area contributed by atoms with Gasteiger partial charge in [0.25, 0.3) is 0 Å². The van der Waals surface area contributed by atoms with Crippen LogP contribution >= 0.6 is 0 Å². The van der Waals surface area contributed by atoms with Crippen molar-refractivity contribution in [1.29, 1.82) is 0 Å². The number of hydrogen-bond donors (Lipinski definition) is 3. The first-order chi connectivity index (χ1) is 10.4. The lowest BCUT2D eigenvalue weighted by Crippen LogP contribution is -2.35. The van der Waals surface area contributed by atoms with Gasteiger partial charge in [-0.1, -0.05) is 39.8 Å². The summed E-state index contributed by atoms with van der Waals surface area (Å²) in [4.78, 5) is 20.0. The second kappa shape index (κ2) is 6.92. The minimum atomic E-state index is -0.622. The molecule has 2 rings (SSSR count). The van der Waals surface area contributed by atoms with E-state index in [2.05, 4.69) is 15.3 Å². The third-order valence-electron chi connectivity index (χ3n) is 3.85. The van der Waals surface area contributed by atoms with E-state index in [0.29, 0.717) is 0 Å². The number of carbonyl (C=O) groups is 1. The Kier molecular flexibility index (Phi) is 5.19. The summed E-state index contributed by atoms with van der Waals surface area (Å²) in [6, 6.07) is 7.60. The van der Waals surface area contributed by atoms with Crippen LogP contribution in [0.3, 0.4) is 0 Å². The molecule has 2 atom stereocenters. The summed E-state index contributed by atoms with van der Waals surface area (Å²) in [5.74, 6) is 0.860. The molecule has 1 amide bonds. The molecular weight excluding hydrogens is 278 g/mol. The first kappa shape index (κ1) is 16.5. The van der Waals surface area contributed by atoms with Gasteiger partial charge in [0.15, 0.2) is 0 Å². The van der Waals surface area contributed by atoms with Crippen LogP contribution in [0.5, 0.6) is 0 Å². The number of benzene rings is 1. The number of aliphatic hydroxyl groups excluding tert-OH is 1. The summed E-state index contributed by atoms with van der Waals surface area (Å²) < 4.78 is 0. The van der Waals surface area contributed by atoms with Crippen LogP contribution in [0.1, 0.15) is 46.0 Å². The fourth-order valence-corrected chi connectivity index (χ4v) is 2.33.